The van der Waals surface area contributed by atoms with E-state index in [9.17, 15) is 18.4 Å². The van der Waals surface area contributed by atoms with Crippen LogP contribution in [0, 0.1) is 11.6 Å². The first kappa shape index (κ1) is 16.1. The maximum atomic E-state index is 13.4. The second kappa shape index (κ2) is 7.13. The van der Waals surface area contributed by atoms with Crippen LogP contribution in [0.15, 0.2) is 46.9 Å². The van der Waals surface area contributed by atoms with Crippen molar-refractivity contribution < 1.29 is 23.1 Å². The lowest BCUT2D eigenvalue weighted by Gasteiger charge is -2.07. The molecule has 2 aromatic carbocycles. The Hall–Kier alpha value is -2.28. The van der Waals surface area contributed by atoms with E-state index >= 15 is 0 Å². The van der Waals surface area contributed by atoms with Crippen molar-refractivity contribution >= 4 is 33.5 Å². The van der Waals surface area contributed by atoms with Crippen LogP contribution in [0.3, 0.4) is 0 Å². The van der Waals surface area contributed by atoms with Crippen molar-refractivity contribution in [3.05, 3.63) is 64.1 Å². The molecule has 114 valence electrons. The van der Waals surface area contributed by atoms with Gasteiger partial charge in [-0.25, -0.2) is 13.6 Å². The summed E-state index contributed by atoms with van der Waals surface area (Å²) in [5.41, 5.74) is 0.0834. The van der Waals surface area contributed by atoms with Gasteiger partial charge in [-0.05, 0) is 30.3 Å². The van der Waals surface area contributed by atoms with E-state index in [1.54, 1.807) is 18.2 Å². The molecule has 0 bridgehead atoms. The highest BCUT2D eigenvalue weighted by Crippen LogP contribution is 2.15. The van der Waals surface area contributed by atoms with Crippen LogP contribution in [-0.4, -0.2) is 18.5 Å². The molecule has 0 spiro atoms. The van der Waals surface area contributed by atoms with E-state index in [1.165, 1.54) is 6.07 Å². The molecule has 2 aromatic rings. The van der Waals surface area contributed by atoms with Gasteiger partial charge in [-0.15, -0.1) is 0 Å². The molecule has 0 aliphatic carbocycles. The molecule has 7 heteroatoms. The quantitative estimate of drug-likeness (QED) is 0.838. The van der Waals surface area contributed by atoms with Crippen molar-refractivity contribution in [2.24, 2.45) is 0 Å². The van der Waals surface area contributed by atoms with Crippen molar-refractivity contribution in [3.63, 3.8) is 0 Å². The average molecular weight is 370 g/mol. The van der Waals surface area contributed by atoms with Gasteiger partial charge in [-0.2, -0.15) is 0 Å². The third-order valence-electron chi connectivity index (χ3n) is 2.60. The van der Waals surface area contributed by atoms with Crippen LogP contribution in [0.25, 0.3) is 0 Å². The van der Waals surface area contributed by atoms with Crippen LogP contribution in [0.1, 0.15) is 10.4 Å². The highest BCUT2D eigenvalue weighted by molar-refractivity contribution is 9.10. The molecule has 0 aliphatic heterocycles. The largest absolute Gasteiger partial charge is 0.452 e. The van der Waals surface area contributed by atoms with E-state index in [0.717, 1.165) is 12.1 Å². The molecule has 0 heterocycles. The summed E-state index contributed by atoms with van der Waals surface area (Å²) < 4.78 is 31.6. The third kappa shape index (κ3) is 4.36. The minimum Gasteiger partial charge on any atom is -0.452 e. The molecule has 0 aliphatic rings. The van der Waals surface area contributed by atoms with Gasteiger partial charge < -0.3 is 10.1 Å². The maximum absolute atomic E-state index is 13.4. The zero-order valence-corrected chi connectivity index (χ0v) is 12.7. The van der Waals surface area contributed by atoms with E-state index < -0.39 is 30.1 Å². The van der Waals surface area contributed by atoms with E-state index in [1.807, 2.05) is 0 Å². The summed E-state index contributed by atoms with van der Waals surface area (Å²) in [4.78, 5) is 23.3. The van der Waals surface area contributed by atoms with Crippen LogP contribution in [0.4, 0.5) is 14.5 Å². The monoisotopic (exact) mass is 369 g/mol. The van der Waals surface area contributed by atoms with Crippen molar-refractivity contribution in [2.75, 3.05) is 11.9 Å². The third-order valence-corrected chi connectivity index (χ3v) is 3.09. The van der Waals surface area contributed by atoms with Crippen LogP contribution < -0.4 is 5.32 Å². The van der Waals surface area contributed by atoms with Gasteiger partial charge in [-0.1, -0.05) is 22.0 Å². The molecule has 4 nitrogen and oxygen atoms in total. The number of ether oxygens (including phenoxy) is 1. The summed E-state index contributed by atoms with van der Waals surface area (Å²) in [5.74, 6) is -3.08. The van der Waals surface area contributed by atoms with Gasteiger partial charge in [0.05, 0.1) is 11.3 Å². The fourth-order valence-corrected chi connectivity index (χ4v) is 2.01. The Labute approximate surface area is 133 Å². The van der Waals surface area contributed by atoms with Crippen LogP contribution >= 0.6 is 15.9 Å². The molecule has 0 unspecified atom stereocenters. The molecular formula is C15H10BrF2NO3. The predicted octanol–water partition coefficient (Wildman–Crippen LogP) is 3.52. The minimum absolute atomic E-state index is 0.190. The summed E-state index contributed by atoms with van der Waals surface area (Å²) in [6.07, 6.45) is 0. The fraction of sp³-hybridized carbons (Fsp3) is 0.0667. The fourth-order valence-electron chi connectivity index (χ4n) is 1.61. The lowest BCUT2D eigenvalue weighted by Crippen LogP contribution is -2.21. The molecule has 0 aromatic heterocycles. The Kier molecular flexibility index (Phi) is 5.21. The van der Waals surface area contributed by atoms with Crippen molar-refractivity contribution in [1.29, 1.82) is 0 Å². The first-order valence-electron chi connectivity index (χ1n) is 6.13. The zero-order valence-electron chi connectivity index (χ0n) is 11.1. The van der Waals surface area contributed by atoms with Crippen LogP contribution in [0.2, 0.25) is 0 Å². The van der Waals surface area contributed by atoms with Crippen molar-refractivity contribution in [2.45, 2.75) is 0 Å². The zero-order chi connectivity index (χ0) is 16.1. The first-order valence-corrected chi connectivity index (χ1v) is 6.92. The van der Waals surface area contributed by atoms with E-state index in [0.29, 0.717) is 10.5 Å². The second-order valence-corrected chi connectivity index (χ2v) is 5.17. The normalized spacial score (nSPS) is 10.1. The number of hydrogen-bond donors (Lipinski definition) is 1. The Bertz CT molecular complexity index is 722. The van der Waals surface area contributed by atoms with E-state index in [2.05, 4.69) is 21.2 Å². The summed E-state index contributed by atoms with van der Waals surface area (Å²) >= 11 is 3.21. The van der Waals surface area contributed by atoms with Gasteiger partial charge in [0, 0.05) is 10.5 Å². The number of amides is 1. The summed E-state index contributed by atoms with van der Waals surface area (Å²) in [7, 11) is 0. The second-order valence-electron chi connectivity index (χ2n) is 4.26. The summed E-state index contributed by atoms with van der Waals surface area (Å²) in [5, 5.41) is 2.19. The standard InChI is InChI=1S/C15H10BrF2NO3/c16-10-3-1-2-9(6-10)15(21)22-8-14(20)19-13-5-4-11(17)7-12(13)18/h1-7H,8H2,(H,19,20). The maximum Gasteiger partial charge on any atom is 0.338 e. The Morgan fingerprint density at radius 3 is 2.59 bits per heavy atom. The molecular weight excluding hydrogens is 360 g/mol. The lowest BCUT2D eigenvalue weighted by atomic mass is 10.2. The number of carbonyl (C=O) groups excluding carboxylic acids is 2. The number of rotatable bonds is 4. The van der Waals surface area contributed by atoms with Gasteiger partial charge in [0.1, 0.15) is 11.6 Å². The Morgan fingerprint density at radius 2 is 1.91 bits per heavy atom. The molecule has 1 N–H and O–H groups in total. The average Bonchev–Trinajstić information content (AvgIpc) is 2.47. The van der Waals surface area contributed by atoms with Gasteiger partial charge >= 0.3 is 5.97 Å². The van der Waals surface area contributed by atoms with Crippen LogP contribution in [0.5, 0.6) is 0 Å². The number of nitrogens with one attached hydrogen (secondary N) is 1. The number of anilines is 1. The number of hydrogen-bond acceptors (Lipinski definition) is 3. The molecule has 0 saturated heterocycles. The van der Waals surface area contributed by atoms with E-state index in [-0.39, 0.29) is 11.3 Å². The number of esters is 1. The molecule has 22 heavy (non-hydrogen) atoms. The number of halogens is 3. The smallest absolute Gasteiger partial charge is 0.338 e. The highest BCUT2D eigenvalue weighted by atomic mass is 79.9. The topological polar surface area (TPSA) is 55.4 Å². The Morgan fingerprint density at radius 1 is 1.14 bits per heavy atom. The lowest BCUT2D eigenvalue weighted by molar-refractivity contribution is -0.119. The van der Waals surface area contributed by atoms with Gasteiger partial charge in [0.2, 0.25) is 0 Å². The molecule has 2 rings (SSSR count). The predicted molar refractivity (Wildman–Crippen MR) is 79.4 cm³/mol. The van der Waals surface area contributed by atoms with Gasteiger partial charge in [0.15, 0.2) is 6.61 Å². The molecule has 0 radical (unpaired) electrons. The molecule has 0 saturated carbocycles. The number of carbonyl (C=O) groups is 2. The van der Waals surface area contributed by atoms with Crippen LogP contribution in [-0.2, 0) is 9.53 Å². The summed E-state index contributed by atoms with van der Waals surface area (Å²) in [6.45, 7) is -0.581. The number of benzene rings is 2. The van der Waals surface area contributed by atoms with Gasteiger partial charge in [0.25, 0.3) is 5.91 Å². The molecule has 1 amide bonds. The highest BCUT2D eigenvalue weighted by Gasteiger charge is 2.12. The Balaban J connectivity index is 1.91. The molecule has 0 fully saturated rings. The van der Waals surface area contributed by atoms with Gasteiger partial charge in [-0.3, -0.25) is 4.79 Å². The van der Waals surface area contributed by atoms with Crippen molar-refractivity contribution in [1.82, 2.24) is 0 Å². The summed E-state index contributed by atoms with van der Waals surface area (Å²) in [6, 6.07) is 9.19. The minimum atomic E-state index is -0.910. The van der Waals surface area contributed by atoms with E-state index in [4.69, 9.17) is 4.74 Å². The first-order chi connectivity index (χ1) is 10.5. The van der Waals surface area contributed by atoms with Crippen molar-refractivity contribution in [3.8, 4) is 0 Å². The molecule has 0 atom stereocenters. The SMILES string of the molecule is O=C(COC(=O)c1cccc(Br)c1)Nc1ccc(F)cc1F.